The molecule has 2 rings (SSSR count). The van der Waals surface area contributed by atoms with E-state index in [1.165, 1.54) is 24.9 Å². The maximum Gasteiger partial charge on any atom is 0.234 e. The van der Waals surface area contributed by atoms with E-state index >= 15 is 0 Å². The molecular formula is C9H9N2O4S-. The van der Waals surface area contributed by atoms with Crippen molar-refractivity contribution in [3.05, 3.63) is 17.3 Å². The van der Waals surface area contributed by atoms with E-state index in [1.807, 2.05) is 0 Å². The lowest BCUT2D eigenvalue weighted by molar-refractivity contribution is -0.113. The molecule has 0 bridgehead atoms. The Morgan fingerprint density at radius 3 is 3.00 bits per heavy atom. The molecule has 7 heteroatoms. The second kappa shape index (κ2) is 4.20. The number of thioether (sulfide) groups is 1. The van der Waals surface area contributed by atoms with Crippen molar-refractivity contribution in [2.45, 2.75) is 4.90 Å². The summed E-state index contributed by atoms with van der Waals surface area (Å²) < 4.78 is 5.00. The number of carbonyl (C=O) groups is 1. The minimum Gasteiger partial charge on any atom is -0.733 e. The summed E-state index contributed by atoms with van der Waals surface area (Å²) >= 11 is 1.29. The quantitative estimate of drug-likeness (QED) is 0.762. The van der Waals surface area contributed by atoms with Crippen LogP contribution in [0.15, 0.2) is 17.0 Å². The summed E-state index contributed by atoms with van der Waals surface area (Å²) in [4.78, 5) is 11.9. The van der Waals surface area contributed by atoms with Crippen LogP contribution in [0.4, 0.5) is 11.4 Å². The van der Waals surface area contributed by atoms with E-state index in [9.17, 15) is 10.0 Å². The maximum absolute atomic E-state index is 11.2. The number of hydrogen-bond donors (Lipinski definition) is 2. The summed E-state index contributed by atoms with van der Waals surface area (Å²) in [7, 11) is 1.46. The molecule has 1 aromatic rings. The summed E-state index contributed by atoms with van der Waals surface area (Å²) in [6, 6.07) is 3.06. The Morgan fingerprint density at radius 2 is 2.38 bits per heavy atom. The number of rotatable bonds is 2. The number of anilines is 2. The molecule has 16 heavy (non-hydrogen) atoms. The molecule has 0 radical (unpaired) electrons. The average molecular weight is 241 g/mol. The number of amides is 1. The highest BCUT2D eigenvalue weighted by atomic mass is 32.2. The molecule has 86 valence electrons. The number of benzene rings is 1. The van der Waals surface area contributed by atoms with Gasteiger partial charge in [-0.15, -0.1) is 11.8 Å². The standard InChI is InChI=1S/C9H9N2O4S/c1-15-5-2-6(11(13)14)9-7(3-5)16-4-8(12)10-9/h2-3,13H,4H2,1H3,(H,10,12)/q-1. The minimum atomic E-state index is -0.284. The third-order valence-corrected chi connectivity index (χ3v) is 3.16. The van der Waals surface area contributed by atoms with Gasteiger partial charge in [0.25, 0.3) is 0 Å². The lowest BCUT2D eigenvalue weighted by Gasteiger charge is -2.28. The van der Waals surface area contributed by atoms with Crippen molar-refractivity contribution < 1.29 is 14.7 Å². The molecule has 2 N–H and O–H groups in total. The fourth-order valence-corrected chi connectivity index (χ4v) is 2.26. The van der Waals surface area contributed by atoms with Crippen LogP contribution in [-0.4, -0.2) is 24.0 Å². The molecule has 0 saturated carbocycles. The van der Waals surface area contributed by atoms with Crippen molar-refractivity contribution in [1.29, 1.82) is 0 Å². The van der Waals surface area contributed by atoms with Crippen LogP contribution in [0.2, 0.25) is 0 Å². The summed E-state index contributed by atoms with van der Waals surface area (Å²) in [5.74, 6) is 0.530. The van der Waals surface area contributed by atoms with Crippen molar-refractivity contribution in [1.82, 2.24) is 0 Å². The van der Waals surface area contributed by atoms with Gasteiger partial charge in [0.05, 0.1) is 24.2 Å². The molecule has 0 aromatic heterocycles. The number of ether oxygens (including phenoxy) is 1. The van der Waals surface area contributed by atoms with Crippen LogP contribution in [0, 0.1) is 5.21 Å². The summed E-state index contributed by atoms with van der Waals surface area (Å²) in [5, 5.41) is 22.2. The molecule has 1 aromatic carbocycles. The zero-order chi connectivity index (χ0) is 11.7. The van der Waals surface area contributed by atoms with Gasteiger partial charge >= 0.3 is 0 Å². The molecule has 0 fully saturated rings. The number of nitrogens with one attached hydrogen (secondary N) is 1. The number of hydrogen-bond acceptors (Lipinski definition) is 6. The van der Waals surface area contributed by atoms with Crippen LogP contribution >= 0.6 is 11.8 Å². The van der Waals surface area contributed by atoms with Crippen molar-refractivity contribution in [2.24, 2.45) is 0 Å². The lowest BCUT2D eigenvalue weighted by atomic mass is 10.2. The van der Waals surface area contributed by atoms with Crippen LogP contribution in [0.1, 0.15) is 0 Å². The first-order valence-electron chi connectivity index (χ1n) is 4.42. The van der Waals surface area contributed by atoms with Gasteiger partial charge in [-0.2, -0.15) is 0 Å². The minimum absolute atomic E-state index is 0.0325. The van der Waals surface area contributed by atoms with Crippen LogP contribution in [0.5, 0.6) is 5.75 Å². The van der Waals surface area contributed by atoms with E-state index in [1.54, 1.807) is 6.07 Å². The highest BCUT2D eigenvalue weighted by Gasteiger charge is 2.20. The van der Waals surface area contributed by atoms with E-state index in [-0.39, 0.29) is 22.6 Å². The number of nitrogens with zero attached hydrogens (tertiary/aromatic N) is 1. The highest BCUT2D eigenvalue weighted by molar-refractivity contribution is 8.00. The first kappa shape index (κ1) is 11.1. The molecule has 1 heterocycles. The van der Waals surface area contributed by atoms with Crippen LogP contribution in [0.3, 0.4) is 0 Å². The molecule has 1 amide bonds. The summed E-state index contributed by atoms with van der Waals surface area (Å²) in [5.41, 5.74) is 0.287. The smallest absolute Gasteiger partial charge is 0.234 e. The van der Waals surface area contributed by atoms with Crippen molar-refractivity contribution in [3.8, 4) is 5.75 Å². The zero-order valence-corrected chi connectivity index (χ0v) is 9.21. The highest BCUT2D eigenvalue weighted by Crippen LogP contribution is 2.41. The predicted molar refractivity (Wildman–Crippen MR) is 60.0 cm³/mol. The molecule has 1 aliphatic rings. The van der Waals surface area contributed by atoms with E-state index in [0.717, 1.165) is 0 Å². The zero-order valence-electron chi connectivity index (χ0n) is 8.39. The molecule has 1 aliphatic heterocycles. The van der Waals surface area contributed by atoms with Crippen LogP contribution < -0.4 is 15.3 Å². The van der Waals surface area contributed by atoms with Gasteiger partial charge in [0.1, 0.15) is 5.75 Å². The summed E-state index contributed by atoms with van der Waals surface area (Å²) in [6.07, 6.45) is 0. The van der Waals surface area contributed by atoms with Gasteiger partial charge in [-0.05, 0) is 6.07 Å². The van der Waals surface area contributed by atoms with Crippen molar-refractivity contribution in [2.75, 3.05) is 23.4 Å². The lowest BCUT2D eigenvalue weighted by Crippen LogP contribution is -2.21. The topological polar surface area (TPSA) is 84.9 Å². The first-order chi connectivity index (χ1) is 7.61. The molecule has 0 atom stereocenters. The SMILES string of the molecule is COc1cc2c(c(N([O-])O)c1)NC(=O)CS2. The Labute approximate surface area is 95.7 Å². The Bertz CT molecular complexity index is 436. The average Bonchev–Trinajstić information content (AvgIpc) is 2.27. The van der Waals surface area contributed by atoms with Gasteiger partial charge in [0, 0.05) is 11.0 Å². The summed E-state index contributed by atoms with van der Waals surface area (Å²) in [6.45, 7) is 0. The van der Waals surface area contributed by atoms with E-state index < -0.39 is 0 Å². The fourth-order valence-electron chi connectivity index (χ4n) is 1.40. The van der Waals surface area contributed by atoms with Gasteiger partial charge in [-0.1, -0.05) is 0 Å². The number of fused-ring (bicyclic) bond motifs is 1. The largest absolute Gasteiger partial charge is 0.733 e. The fraction of sp³-hybridized carbons (Fsp3) is 0.222. The second-order valence-corrected chi connectivity index (χ2v) is 4.15. The van der Waals surface area contributed by atoms with Gasteiger partial charge in [0.15, 0.2) is 0 Å². The number of methoxy groups -OCH3 is 1. The molecule has 6 nitrogen and oxygen atoms in total. The Balaban J connectivity index is 2.53. The Kier molecular flexibility index (Phi) is 2.90. The van der Waals surface area contributed by atoms with E-state index in [0.29, 0.717) is 16.3 Å². The molecule has 0 saturated heterocycles. The molecule has 0 spiro atoms. The Hall–Kier alpha value is -1.44. The monoisotopic (exact) mass is 241 g/mol. The maximum atomic E-state index is 11.2. The van der Waals surface area contributed by atoms with Crippen molar-refractivity contribution in [3.63, 3.8) is 0 Å². The first-order valence-corrected chi connectivity index (χ1v) is 5.41. The van der Waals surface area contributed by atoms with E-state index in [2.05, 4.69) is 5.32 Å². The second-order valence-electron chi connectivity index (χ2n) is 3.13. The van der Waals surface area contributed by atoms with Gasteiger partial charge in [-0.25, -0.2) is 0 Å². The Morgan fingerprint density at radius 1 is 1.62 bits per heavy atom. The normalized spacial score (nSPS) is 14.1. The third kappa shape index (κ3) is 1.92. The molecular weight excluding hydrogens is 232 g/mol. The van der Waals surface area contributed by atoms with Crippen LogP contribution in [0.25, 0.3) is 0 Å². The van der Waals surface area contributed by atoms with E-state index in [4.69, 9.17) is 9.94 Å². The molecule has 0 aliphatic carbocycles. The van der Waals surface area contributed by atoms with Gasteiger partial charge in [-0.3, -0.25) is 10.0 Å². The van der Waals surface area contributed by atoms with Crippen LogP contribution in [-0.2, 0) is 4.79 Å². The van der Waals surface area contributed by atoms with Gasteiger partial charge < -0.3 is 20.5 Å². The van der Waals surface area contributed by atoms with Gasteiger partial charge in [0.2, 0.25) is 5.91 Å². The predicted octanol–water partition coefficient (Wildman–Crippen LogP) is 1.43. The number of carbonyl (C=O) groups excluding carboxylic acids is 1. The van der Waals surface area contributed by atoms with Crippen molar-refractivity contribution >= 4 is 29.0 Å². The third-order valence-electron chi connectivity index (χ3n) is 2.12. The molecule has 0 unspecified atom stereocenters.